The Balaban J connectivity index is 2.12. The molecular weight excluding hydrogens is 851 g/mol. The molecule has 0 aromatic rings. The molecule has 7 atom stereocenters. The van der Waals surface area contributed by atoms with Crippen molar-refractivity contribution in [2.75, 3.05) is 13.2 Å². The highest BCUT2D eigenvalue weighted by Gasteiger charge is 2.44. The first-order valence-electron chi connectivity index (χ1n) is 26.4. The van der Waals surface area contributed by atoms with Crippen molar-refractivity contribution >= 4 is 5.91 Å². The second-order valence-corrected chi connectivity index (χ2v) is 17.6. The number of rotatable bonds is 42. The number of nitrogens with one attached hydrogen (secondary N) is 1. The molecule has 0 saturated carbocycles. The van der Waals surface area contributed by atoms with Crippen molar-refractivity contribution in [1.29, 1.82) is 0 Å². The van der Waals surface area contributed by atoms with Gasteiger partial charge in [-0.25, -0.2) is 0 Å². The standard InChI is InChI=1S/C59H95NO8/c1-3-5-7-9-11-12-13-14-15-16-17-18-19-20-21-22-23-24-25-26-27-28-29-30-31-32-33-34-35-36-37-38-39-40-41-42-43-45-47-49-55(63)60-52(53(62)48-46-44-10-8-6-4-2)51-67-59-58(66)57(65)56(64)54(50-61)68-59/h5,7,11-12,14-15,17-18,20-21,23-24,26-27,29-30,32-33,35-36,38-39,52-54,56-59,61-62,64-66H,3-4,6,8-10,13,16,19,22,25,28,31,34,37,40-51H2,1-2H3,(H,60,63)/b7-5-,12-11-,15-14-,18-17-,21-20-,24-23-,27-26-,30-29-,33-32-,36-35-,39-38-. The van der Waals surface area contributed by atoms with Crippen LogP contribution >= 0.6 is 0 Å². The molecule has 1 saturated heterocycles. The molecule has 6 N–H and O–H groups in total. The zero-order valence-corrected chi connectivity index (χ0v) is 42.3. The molecule has 1 aliphatic heterocycles. The molecule has 0 radical (unpaired) electrons. The maximum atomic E-state index is 12.9. The van der Waals surface area contributed by atoms with Crippen LogP contribution in [0.25, 0.3) is 0 Å². The van der Waals surface area contributed by atoms with E-state index in [1.807, 2.05) is 0 Å². The Morgan fingerprint density at radius 1 is 0.515 bits per heavy atom. The number of unbranched alkanes of at least 4 members (excludes halogenated alkanes) is 10. The van der Waals surface area contributed by atoms with Crippen molar-refractivity contribution in [3.8, 4) is 0 Å². The molecule has 0 aromatic heterocycles. The highest BCUT2D eigenvalue weighted by molar-refractivity contribution is 5.76. The summed E-state index contributed by atoms with van der Waals surface area (Å²) in [6.45, 7) is 3.61. The highest BCUT2D eigenvalue weighted by atomic mass is 16.7. The minimum absolute atomic E-state index is 0.156. The molecule has 1 rings (SSSR count). The second-order valence-electron chi connectivity index (χ2n) is 17.6. The molecule has 0 bridgehead atoms. The number of carbonyl (C=O) groups excluding carboxylic acids is 1. The van der Waals surface area contributed by atoms with E-state index in [2.05, 4.69) is 153 Å². The van der Waals surface area contributed by atoms with E-state index >= 15 is 0 Å². The number of allylic oxidation sites excluding steroid dienone is 22. The number of ether oxygens (including phenoxy) is 2. The molecule has 1 heterocycles. The zero-order valence-electron chi connectivity index (χ0n) is 42.3. The first kappa shape index (κ1) is 62.3. The minimum atomic E-state index is -1.56. The Morgan fingerprint density at radius 2 is 0.912 bits per heavy atom. The van der Waals surface area contributed by atoms with Gasteiger partial charge in [0.15, 0.2) is 6.29 Å². The zero-order chi connectivity index (χ0) is 49.4. The first-order valence-corrected chi connectivity index (χ1v) is 26.4. The van der Waals surface area contributed by atoms with E-state index in [1.165, 1.54) is 6.42 Å². The largest absolute Gasteiger partial charge is 0.394 e. The number of hydrogen-bond acceptors (Lipinski definition) is 8. The van der Waals surface area contributed by atoms with Crippen LogP contribution < -0.4 is 5.32 Å². The average Bonchev–Trinajstić information content (AvgIpc) is 3.34. The van der Waals surface area contributed by atoms with Gasteiger partial charge in [0.1, 0.15) is 24.4 Å². The lowest BCUT2D eigenvalue weighted by molar-refractivity contribution is -0.302. The molecule has 0 aromatic carbocycles. The third-order valence-corrected chi connectivity index (χ3v) is 11.5. The van der Waals surface area contributed by atoms with E-state index < -0.39 is 49.5 Å². The lowest BCUT2D eigenvalue weighted by Gasteiger charge is -2.40. The molecule has 0 aliphatic carbocycles. The topological polar surface area (TPSA) is 149 Å². The SMILES string of the molecule is CC/C=C\C/C=C\C/C=C\C/C=C\C/C=C\C/C=C\C/C=C\C/C=C\C/C=C\C/C=C\C/C=C\CCCCCCCC(=O)NC(COC1OC(CO)C(O)C(O)C1O)C(O)CCCCCCCC. The van der Waals surface area contributed by atoms with Gasteiger partial charge in [-0.05, 0) is 96.3 Å². The molecule has 1 amide bonds. The van der Waals surface area contributed by atoms with E-state index in [-0.39, 0.29) is 12.5 Å². The fourth-order valence-electron chi connectivity index (χ4n) is 7.34. The predicted octanol–water partition coefficient (Wildman–Crippen LogP) is 12.6. The smallest absolute Gasteiger partial charge is 0.220 e. The summed E-state index contributed by atoms with van der Waals surface area (Å²) in [4.78, 5) is 12.9. The van der Waals surface area contributed by atoms with Crippen LogP contribution in [-0.4, -0.2) is 87.5 Å². The van der Waals surface area contributed by atoms with Crippen LogP contribution in [0.3, 0.4) is 0 Å². The highest BCUT2D eigenvalue weighted by Crippen LogP contribution is 2.23. The Labute approximate surface area is 413 Å². The van der Waals surface area contributed by atoms with Crippen LogP contribution in [-0.2, 0) is 14.3 Å². The number of aliphatic hydroxyl groups is 5. The van der Waals surface area contributed by atoms with Crippen LogP contribution in [0, 0.1) is 0 Å². The van der Waals surface area contributed by atoms with E-state index in [0.29, 0.717) is 12.8 Å². The minimum Gasteiger partial charge on any atom is -0.394 e. The summed E-state index contributed by atoms with van der Waals surface area (Å²) in [5.41, 5.74) is 0. The second kappa shape index (κ2) is 47.0. The molecular formula is C59H95NO8. The van der Waals surface area contributed by atoms with Gasteiger partial charge in [0.2, 0.25) is 5.91 Å². The Kier molecular flexibility index (Phi) is 43.1. The van der Waals surface area contributed by atoms with Gasteiger partial charge < -0.3 is 40.3 Å². The van der Waals surface area contributed by atoms with Crippen LogP contribution in [0.5, 0.6) is 0 Å². The Morgan fingerprint density at radius 3 is 1.35 bits per heavy atom. The summed E-state index contributed by atoms with van der Waals surface area (Å²) < 4.78 is 11.2. The van der Waals surface area contributed by atoms with Gasteiger partial charge in [-0.15, -0.1) is 0 Å². The molecule has 0 spiro atoms. The van der Waals surface area contributed by atoms with Gasteiger partial charge in [0, 0.05) is 6.42 Å². The number of hydrogen-bond donors (Lipinski definition) is 6. The van der Waals surface area contributed by atoms with Crippen molar-refractivity contribution in [2.45, 2.75) is 217 Å². The maximum Gasteiger partial charge on any atom is 0.220 e. The summed E-state index contributed by atoms with van der Waals surface area (Å²) in [6.07, 6.45) is 65.2. The van der Waals surface area contributed by atoms with Crippen LogP contribution in [0.15, 0.2) is 134 Å². The van der Waals surface area contributed by atoms with Crippen LogP contribution in [0.2, 0.25) is 0 Å². The molecule has 9 heteroatoms. The van der Waals surface area contributed by atoms with Gasteiger partial charge >= 0.3 is 0 Å². The quantitative estimate of drug-likeness (QED) is 0.0262. The lowest BCUT2D eigenvalue weighted by Crippen LogP contribution is -2.60. The van der Waals surface area contributed by atoms with Gasteiger partial charge in [0.05, 0.1) is 25.4 Å². The summed E-state index contributed by atoms with van der Waals surface area (Å²) in [6, 6.07) is -0.735. The normalized spacial score (nSPS) is 20.7. The van der Waals surface area contributed by atoms with Crippen molar-refractivity contribution in [2.24, 2.45) is 0 Å². The number of aliphatic hydroxyl groups excluding tert-OH is 5. The first-order chi connectivity index (χ1) is 33.3. The van der Waals surface area contributed by atoms with E-state index in [4.69, 9.17) is 9.47 Å². The van der Waals surface area contributed by atoms with Gasteiger partial charge in [-0.3, -0.25) is 4.79 Å². The van der Waals surface area contributed by atoms with Crippen molar-refractivity contribution in [3.63, 3.8) is 0 Å². The molecule has 7 unspecified atom stereocenters. The average molecular weight is 946 g/mol. The van der Waals surface area contributed by atoms with Gasteiger partial charge in [-0.1, -0.05) is 205 Å². The van der Waals surface area contributed by atoms with Crippen molar-refractivity contribution in [1.82, 2.24) is 5.32 Å². The molecule has 1 aliphatic rings. The van der Waals surface area contributed by atoms with Crippen molar-refractivity contribution < 1.29 is 39.8 Å². The van der Waals surface area contributed by atoms with E-state index in [1.54, 1.807) is 0 Å². The monoisotopic (exact) mass is 946 g/mol. The van der Waals surface area contributed by atoms with Gasteiger partial charge in [-0.2, -0.15) is 0 Å². The maximum absolute atomic E-state index is 12.9. The summed E-state index contributed by atoms with van der Waals surface area (Å²) in [5, 5.41) is 54.0. The fourth-order valence-corrected chi connectivity index (χ4v) is 7.34. The third kappa shape index (κ3) is 36.3. The Bertz CT molecular complexity index is 1520. The number of carbonyl (C=O) groups is 1. The van der Waals surface area contributed by atoms with Gasteiger partial charge in [0.25, 0.3) is 0 Å². The summed E-state index contributed by atoms with van der Waals surface area (Å²) in [5.74, 6) is -0.176. The fraction of sp³-hybridized carbons (Fsp3) is 0.610. The van der Waals surface area contributed by atoms with E-state index in [9.17, 15) is 30.3 Å². The molecule has 68 heavy (non-hydrogen) atoms. The van der Waals surface area contributed by atoms with Crippen molar-refractivity contribution in [3.05, 3.63) is 134 Å². The molecule has 1 fully saturated rings. The summed E-state index contributed by atoms with van der Waals surface area (Å²) in [7, 11) is 0. The lowest BCUT2D eigenvalue weighted by atomic mass is 9.99. The number of amides is 1. The molecule has 9 nitrogen and oxygen atoms in total. The molecule has 384 valence electrons. The van der Waals surface area contributed by atoms with Crippen LogP contribution in [0.4, 0.5) is 0 Å². The summed E-state index contributed by atoms with van der Waals surface area (Å²) >= 11 is 0. The van der Waals surface area contributed by atoms with E-state index in [0.717, 1.165) is 141 Å². The predicted molar refractivity (Wildman–Crippen MR) is 285 cm³/mol. The Hall–Kier alpha value is -3.67. The third-order valence-electron chi connectivity index (χ3n) is 11.5. The van der Waals surface area contributed by atoms with Crippen LogP contribution in [0.1, 0.15) is 174 Å².